The number of alkyl halides is 3. The Kier molecular flexibility index (Phi) is 5.82. The lowest BCUT2D eigenvalue weighted by atomic mass is 9.82. The van der Waals surface area contributed by atoms with Gasteiger partial charge in [-0.2, -0.15) is 13.2 Å². The van der Waals surface area contributed by atoms with Gasteiger partial charge in [-0.25, -0.2) is 4.79 Å². The van der Waals surface area contributed by atoms with Crippen molar-refractivity contribution in [2.45, 2.75) is 51.2 Å². The first-order chi connectivity index (χ1) is 13.2. The van der Waals surface area contributed by atoms with Gasteiger partial charge in [-0.05, 0) is 50.5 Å². The molecule has 1 aliphatic heterocycles. The maximum atomic E-state index is 13.4. The maximum Gasteiger partial charge on any atom is 0.418 e. The Morgan fingerprint density at radius 3 is 2.61 bits per heavy atom. The van der Waals surface area contributed by atoms with Gasteiger partial charge in [-0.1, -0.05) is 25.1 Å². The van der Waals surface area contributed by atoms with Crippen molar-refractivity contribution in [3.63, 3.8) is 0 Å². The van der Waals surface area contributed by atoms with Gasteiger partial charge < -0.3 is 10.2 Å². The van der Waals surface area contributed by atoms with Crippen molar-refractivity contribution in [3.05, 3.63) is 34.9 Å². The Bertz CT molecular complexity index is 784. The maximum absolute atomic E-state index is 13.4. The largest absolute Gasteiger partial charge is 0.418 e. The van der Waals surface area contributed by atoms with Gasteiger partial charge in [0, 0.05) is 30.6 Å². The quantitative estimate of drug-likeness (QED) is 0.687. The van der Waals surface area contributed by atoms with Crippen LogP contribution in [0.3, 0.4) is 0 Å². The molecule has 1 aromatic carbocycles. The van der Waals surface area contributed by atoms with E-state index in [1.807, 2.05) is 0 Å². The number of nitrogens with one attached hydrogen (secondary N) is 1. The lowest BCUT2D eigenvalue weighted by Crippen LogP contribution is -2.48. The highest BCUT2D eigenvalue weighted by Gasteiger charge is 2.37. The summed E-state index contributed by atoms with van der Waals surface area (Å²) < 4.78 is 40.2. The number of piperidine rings is 1. The Morgan fingerprint density at radius 2 is 2.04 bits per heavy atom. The molecule has 1 aliphatic carbocycles. The molecule has 1 aromatic rings. The number of hydrogen-bond acceptors (Lipinski definition) is 2. The van der Waals surface area contributed by atoms with E-state index in [0.717, 1.165) is 30.9 Å². The van der Waals surface area contributed by atoms with E-state index in [0.29, 0.717) is 18.7 Å². The number of allylic oxidation sites excluding steroid dienone is 1. The molecule has 2 aliphatic rings. The van der Waals surface area contributed by atoms with E-state index in [4.69, 9.17) is 0 Å². The molecule has 0 aromatic heterocycles. The fourth-order valence-corrected chi connectivity index (χ4v) is 3.96. The van der Waals surface area contributed by atoms with Gasteiger partial charge >= 0.3 is 12.2 Å². The standard InChI is InChI=1S/C21H26F3N3O/c1-4-5-17-16(8-9-18(19(17)25-3)21(22,23)24)14-10-13(2)11-27(12-14)20(28)26-15-6-7-15/h4-5,8-9,13-15H,3,6-7,10-12H2,1-2H3,(H,26,28)/b5-4-/t13-,14?/m1/s1. The Morgan fingerprint density at radius 1 is 1.32 bits per heavy atom. The van der Waals surface area contributed by atoms with Crippen LogP contribution in [0.15, 0.2) is 23.2 Å². The van der Waals surface area contributed by atoms with Crippen LogP contribution in [0.5, 0.6) is 0 Å². The molecule has 1 saturated carbocycles. The molecule has 2 amide bonds. The predicted octanol–water partition coefficient (Wildman–Crippen LogP) is 5.37. The van der Waals surface area contributed by atoms with Crippen LogP contribution in [-0.4, -0.2) is 36.8 Å². The topological polar surface area (TPSA) is 44.7 Å². The Hall–Kier alpha value is -2.31. The van der Waals surface area contributed by atoms with Crippen molar-refractivity contribution in [1.29, 1.82) is 0 Å². The van der Waals surface area contributed by atoms with Crippen LogP contribution in [0.2, 0.25) is 0 Å². The SMILES string of the molecule is C=Nc1c(C(F)(F)F)ccc(C2C[C@@H](C)CN(C(=O)NC3CC3)C2)c1/C=C\C. The summed E-state index contributed by atoms with van der Waals surface area (Å²) in [5.41, 5.74) is 0.292. The monoisotopic (exact) mass is 393 g/mol. The number of carbonyl (C=O) groups excluding carboxylic acids is 1. The summed E-state index contributed by atoms with van der Waals surface area (Å²) in [4.78, 5) is 18.0. The molecule has 2 atom stereocenters. The smallest absolute Gasteiger partial charge is 0.335 e. The minimum absolute atomic E-state index is 0.0531. The summed E-state index contributed by atoms with van der Waals surface area (Å²) in [6.45, 7) is 8.33. The molecule has 2 fully saturated rings. The number of nitrogens with zero attached hydrogens (tertiary/aromatic N) is 2. The van der Waals surface area contributed by atoms with Crippen molar-refractivity contribution in [1.82, 2.24) is 10.2 Å². The van der Waals surface area contributed by atoms with Crippen molar-refractivity contribution in [2.75, 3.05) is 13.1 Å². The molecule has 0 spiro atoms. The number of amides is 2. The molecular weight excluding hydrogens is 367 g/mol. The van der Waals surface area contributed by atoms with E-state index in [9.17, 15) is 18.0 Å². The molecule has 3 rings (SSSR count). The number of likely N-dealkylation sites (tertiary alicyclic amines) is 1. The molecule has 152 valence electrons. The zero-order chi connectivity index (χ0) is 20.5. The zero-order valence-electron chi connectivity index (χ0n) is 16.2. The number of benzene rings is 1. The summed E-state index contributed by atoms with van der Waals surface area (Å²) in [6, 6.07) is 2.80. The first-order valence-electron chi connectivity index (χ1n) is 9.63. The van der Waals surface area contributed by atoms with Crippen molar-refractivity contribution in [3.8, 4) is 0 Å². The third-order valence-corrected chi connectivity index (χ3v) is 5.34. The van der Waals surface area contributed by atoms with E-state index >= 15 is 0 Å². The third-order valence-electron chi connectivity index (χ3n) is 5.34. The van der Waals surface area contributed by atoms with E-state index in [-0.39, 0.29) is 29.6 Å². The predicted molar refractivity (Wildman–Crippen MR) is 105 cm³/mol. The van der Waals surface area contributed by atoms with Crippen molar-refractivity contribution in [2.24, 2.45) is 10.9 Å². The normalized spacial score (nSPS) is 23.1. The number of hydrogen-bond donors (Lipinski definition) is 1. The number of rotatable bonds is 4. The number of carbonyl (C=O) groups is 1. The summed E-state index contributed by atoms with van der Waals surface area (Å²) in [6.07, 6.45) is 1.69. The van der Waals surface area contributed by atoms with Crippen LogP contribution < -0.4 is 5.32 Å². The highest BCUT2D eigenvalue weighted by molar-refractivity contribution is 5.76. The van der Waals surface area contributed by atoms with Gasteiger partial charge in [0.05, 0.1) is 11.3 Å². The molecule has 28 heavy (non-hydrogen) atoms. The molecule has 1 unspecified atom stereocenters. The van der Waals surface area contributed by atoms with Gasteiger partial charge in [-0.3, -0.25) is 4.99 Å². The highest BCUT2D eigenvalue weighted by atomic mass is 19.4. The lowest BCUT2D eigenvalue weighted by Gasteiger charge is -2.37. The van der Waals surface area contributed by atoms with Crippen LogP contribution in [0.4, 0.5) is 23.7 Å². The van der Waals surface area contributed by atoms with E-state index in [2.05, 4.69) is 24.0 Å². The van der Waals surface area contributed by atoms with E-state index < -0.39 is 11.7 Å². The van der Waals surface area contributed by atoms with Gasteiger partial charge in [0.15, 0.2) is 0 Å². The average Bonchev–Trinajstić information content (AvgIpc) is 3.44. The van der Waals surface area contributed by atoms with Gasteiger partial charge in [-0.15, -0.1) is 0 Å². The molecule has 0 bridgehead atoms. The first-order valence-corrected chi connectivity index (χ1v) is 9.63. The zero-order valence-corrected chi connectivity index (χ0v) is 16.2. The number of halogens is 3. The van der Waals surface area contributed by atoms with Crippen LogP contribution >= 0.6 is 0 Å². The minimum atomic E-state index is -4.50. The lowest BCUT2D eigenvalue weighted by molar-refractivity contribution is -0.137. The van der Waals surface area contributed by atoms with Gasteiger partial charge in [0.1, 0.15) is 0 Å². The summed E-state index contributed by atoms with van der Waals surface area (Å²) in [7, 11) is 0. The molecule has 1 saturated heterocycles. The van der Waals surface area contributed by atoms with Crippen molar-refractivity contribution < 1.29 is 18.0 Å². The number of aliphatic imine (C=N–C) groups is 1. The molecule has 1 heterocycles. The average molecular weight is 393 g/mol. The van der Waals surface area contributed by atoms with Crippen molar-refractivity contribution >= 4 is 24.5 Å². The Labute approximate surface area is 163 Å². The second-order valence-corrected chi connectivity index (χ2v) is 7.79. The van der Waals surface area contributed by atoms with Crippen LogP contribution in [0, 0.1) is 5.92 Å². The van der Waals surface area contributed by atoms with E-state index in [1.165, 1.54) is 6.07 Å². The second-order valence-electron chi connectivity index (χ2n) is 7.79. The Balaban J connectivity index is 1.96. The summed E-state index contributed by atoms with van der Waals surface area (Å²) in [5.74, 6) is 0.201. The van der Waals surface area contributed by atoms with Gasteiger partial charge in [0.25, 0.3) is 0 Å². The third kappa shape index (κ3) is 4.39. The van der Waals surface area contributed by atoms with Crippen LogP contribution in [0.1, 0.15) is 55.7 Å². The molecule has 1 N–H and O–H groups in total. The molecule has 0 radical (unpaired) electrons. The second kappa shape index (κ2) is 7.97. The molecule has 4 nitrogen and oxygen atoms in total. The summed E-state index contributed by atoms with van der Waals surface area (Å²) in [5, 5.41) is 3.00. The van der Waals surface area contributed by atoms with Gasteiger partial charge in [0.2, 0.25) is 0 Å². The fraction of sp³-hybridized carbons (Fsp3) is 0.524. The summed E-state index contributed by atoms with van der Waals surface area (Å²) >= 11 is 0. The van der Waals surface area contributed by atoms with Crippen LogP contribution in [-0.2, 0) is 6.18 Å². The molecular formula is C21H26F3N3O. The van der Waals surface area contributed by atoms with Crippen LogP contribution in [0.25, 0.3) is 6.08 Å². The highest BCUT2D eigenvalue weighted by Crippen LogP contribution is 2.43. The minimum Gasteiger partial charge on any atom is -0.335 e. The molecule has 7 heteroatoms. The fourth-order valence-electron chi connectivity index (χ4n) is 3.96. The number of urea groups is 1. The van der Waals surface area contributed by atoms with E-state index in [1.54, 1.807) is 24.0 Å². The first kappa shape index (κ1) is 20.4.